The summed E-state index contributed by atoms with van der Waals surface area (Å²) in [5, 5.41) is 6.45. The smallest absolute Gasteiger partial charge is 0.0521 e. The first-order valence-electron chi connectivity index (χ1n) is 9.02. The van der Waals surface area contributed by atoms with Gasteiger partial charge in [-0.3, -0.25) is 0 Å². The number of piperidine rings is 1. The van der Waals surface area contributed by atoms with Gasteiger partial charge in [0.15, 0.2) is 0 Å². The maximum atomic E-state index is 3.84. The zero-order valence-electron chi connectivity index (χ0n) is 14.4. The lowest BCUT2D eigenvalue weighted by Gasteiger charge is -2.32. The summed E-state index contributed by atoms with van der Waals surface area (Å²) in [6.07, 6.45) is 1.23. The van der Waals surface area contributed by atoms with E-state index in [4.69, 9.17) is 0 Å². The normalized spacial score (nSPS) is 22.4. The standard InChI is InChI=1S/C22H22N2S/c1-24-12-11-20-19(14-24)18-7-4-8-21(22(18)23-20)25-17-10-9-15-5-2-3-6-16(15)13-17/h2-10,13,19-20,23H,11-12,14H2,1H3. The van der Waals surface area contributed by atoms with E-state index in [1.165, 1.54) is 44.8 Å². The van der Waals surface area contributed by atoms with Crippen LogP contribution >= 0.6 is 11.8 Å². The molecule has 2 heterocycles. The molecule has 1 N–H and O–H groups in total. The highest BCUT2D eigenvalue weighted by atomic mass is 32.2. The fourth-order valence-electron chi connectivity index (χ4n) is 4.24. The molecule has 0 saturated carbocycles. The highest BCUT2D eigenvalue weighted by molar-refractivity contribution is 7.99. The average Bonchev–Trinajstić information content (AvgIpc) is 3.01. The molecule has 3 aromatic carbocycles. The van der Waals surface area contributed by atoms with Gasteiger partial charge in [0.05, 0.1) is 5.69 Å². The molecule has 0 amide bonds. The quantitative estimate of drug-likeness (QED) is 0.686. The molecule has 3 heteroatoms. The third-order valence-electron chi connectivity index (χ3n) is 5.55. The highest BCUT2D eigenvalue weighted by Gasteiger charge is 2.36. The third kappa shape index (κ3) is 2.72. The molecule has 2 aliphatic rings. The third-order valence-corrected chi connectivity index (χ3v) is 6.60. The number of nitrogens with zero attached hydrogens (tertiary/aromatic N) is 1. The molecule has 0 spiro atoms. The van der Waals surface area contributed by atoms with E-state index >= 15 is 0 Å². The van der Waals surface area contributed by atoms with E-state index in [1.54, 1.807) is 0 Å². The van der Waals surface area contributed by atoms with Gasteiger partial charge < -0.3 is 10.2 Å². The molecule has 2 atom stereocenters. The average molecular weight is 346 g/mol. The molecule has 0 radical (unpaired) electrons. The molecule has 2 unspecified atom stereocenters. The number of anilines is 1. The van der Waals surface area contributed by atoms with E-state index in [9.17, 15) is 0 Å². The molecule has 2 aliphatic heterocycles. The van der Waals surface area contributed by atoms with E-state index < -0.39 is 0 Å². The van der Waals surface area contributed by atoms with Gasteiger partial charge in [-0.05, 0) is 54.5 Å². The van der Waals surface area contributed by atoms with Crippen LogP contribution in [0, 0.1) is 0 Å². The second kappa shape index (κ2) is 6.08. The van der Waals surface area contributed by atoms with Gasteiger partial charge in [0, 0.05) is 28.3 Å². The van der Waals surface area contributed by atoms with Crippen molar-refractivity contribution in [2.24, 2.45) is 0 Å². The van der Waals surface area contributed by atoms with Crippen LogP contribution in [0.4, 0.5) is 5.69 Å². The highest BCUT2D eigenvalue weighted by Crippen LogP contribution is 2.46. The summed E-state index contributed by atoms with van der Waals surface area (Å²) in [6, 6.07) is 22.7. The Morgan fingerprint density at radius 1 is 1.00 bits per heavy atom. The number of hydrogen-bond donors (Lipinski definition) is 1. The largest absolute Gasteiger partial charge is 0.380 e. The Morgan fingerprint density at radius 3 is 2.80 bits per heavy atom. The molecule has 126 valence electrons. The second-order valence-corrected chi connectivity index (χ2v) is 8.35. The lowest BCUT2D eigenvalue weighted by Crippen LogP contribution is -2.39. The maximum Gasteiger partial charge on any atom is 0.0521 e. The molecule has 0 bridgehead atoms. The molecular weight excluding hydrogens is 324 g/mol. The zero-order chi connectivity index (χ0) is 16.8. The van der Waals surface area contributed by atoms with Crippen molar-refractivity contribution in [3.05, 3.63) is 66.2 Å². The van der Waals surface area contributed by atoms with Crippen molar-refractivity contribution in [3.63, 3.8) is 0 Å². The number of hydrogen-bond acceptors (Lipinski definition) is 3. The molecular formula is C22H22N2S. The first-order valence-corrected chi connectivity index (χ1v) is 9.84. The summed E-state index contributed by atoms with van der Waals surface area (Å²) in [5.41, 5.74) is 2.87. The van der Waals surface area contributed by atoms with E-state index in [-0.39, 0.29) is 0 Å². The van der Waals surface area contributed by atoms with E-state index in [1.807, 2.05) is 11.8 Å². The number of benzene rings is 3. The van der Waals surface area contributed by atoms with Gasteiger partial charge in [0.25, 0.3) is 0 Å². The first-order chi connectivity index (χ1) is 12.3. The van der Waals surface area contributed by atoms with Crippen molar-refractivity contribution >= 4 is 28.2 Å². The van der Waals surface area contributed by atoms with E-state index in [0.29, 0.717) is 12.0 Å². The van der Waals surface area contributed by atoms with Crippen LogP contribution < -0.4 is 5.32 Å². The summed E-state index contributed by atoms with van der Waals surface area (Å²) in [5.74, 6) is 0.630. The lowest BCUT2D eigenvalue weighted by molar-refractivity contribution is 0.243. The van der Waals surface area contributed by atoms with Gasteiger partial charge in [-0.2, -0.15) is 0 Å². The Kier molecular flexibility index (Phi) is 3.72. The number of likely N-dealkylation sites (tertiary alicyclic amines) is 1. The number of fused-ring (bicyclic) bond motifs is 4. The van der Waals surface area contributed by atoms with Crippen molar-refractivity contribution in [1.29, 1.82) is 0 Å². The molecule has 25 heavy (non-hydrogen) atoms. The molecule has 2 nitrogen and oxygen atoms in total. The van der Waals surface area contributed by atoms with Crippen LogP contribution in [-0.2, 0) is 0 Å². The minimum absolute atomic E-state index is 0.601. The predicted octanol–water partition coefficient (Wildman–Crippen LogP) is 5.20. The molecule has 5 rings (SSSR count). The number of rotatable bonds is 2. The van der Waals surface area contributed by atoms with Crippen molar-refractivity contribution in [2.45, 2.75) is 28.2 Å². The summed E-state index contributed by atoms with van der Waals surface area (Å²) in [4.78, 5) is 5.12. The fraction of sp³-hybridized carbons (Fsp3) is 0.273. The Morgan fingerprint density at radius 2 is 1.88 bits per heavy atom. The van der Waals surface area contributed by atoms with Crippen molar-refractivity contribution < 1.29 is 0 Å². The monoisotopic (exact) mass is 346 g/mol. The summed E-state index contributed by atoms with van der Waals surface area (Å²) >= 11 is 1.88. The molecule has 0 aliphatic carbocycles. The van der Waals surface area contributed by atoms with E-state index in [0.717, 1.165) is 6.54 Å². The summed E-state index contributed by atoms with van der Waals surface area (Å²) in [6.45, 7) is 2.35. The molecule has 1 fully saturated rings. The van der Waals surface area contributed by atoms with Crippen LogP contribution in [0.2, 0.25) is 0 Å². The van der Waals surface area contributed by atoms with Crippen molar-refractivity contribution in [1.82, 2.24) is 4.90 Å². The van der Waals surface area contributed by atoms with Crippen LogP contribution in [0.1, 0.15) is 17.9 Å². The Bertz CT molecular complexity index is 936. The minimum atomic E-state index is 0.601. The van der Waals surface area contributed by atoms with Gasteiger partial charge >= 0.3 is 0 Å². The SMILES string of the molecule is CN1CCC2Nc3c(Sc4ccc5ccccc5c4)cccc3C2C1. The van der Waals surface area contributed by atoms with Crippen molar-refractivity contribution in [3.8, 4) is 0 Å². The van der Waals surface area contributed by atoms with Crippen LogP contribution in [0.25, 0.3) is 10.8 Å². The van der Waals surface area contributed by atoms with Gasteiger partial charge in [-0.25, -0.2) is 0 Å². The topological polar surface area (TPSA) is 15.3 Å². The van der Waals surface area contributed by atoms with E-state index in [2.05, 4.69) is 77.9 Å². The molecule has 3 aromatic rings. The van der Waals surface area contributed by atoms with Crippen LogP contribution in [0.3, 0.4) is 0 Å². The van der Waals surface area contributed by atoms with Gasteiger partial charge in [0.1, 0.15) is 0 Å². The Labute approximate surface area is 153 Å². The Hall–Kier alpha value is -1.97. The van der Waals surface area contributed by atoms with Crippen LogP contribution in [0.15, 0.2) is 70.5 Å². The van der Waals surface area contributed by atoms with Crippen molar-refractivity contribution in [2.75, 3.05) is 25.5 Å². The number of nitrogens with one attached hydrogen (secondary N) is 1. The second-order valence-electron chi connectivity index (χ2n) is 7.24. The van der Waals surface area contributed by atoms with Crippen LogP contribution in [0.5, 0.6) is 0 Å². The number of likely N-dealkylation sites (N-methyl/N-ethyl adjacent to an activating group) is 1. The molecule has 0 aromatic heterocycles. The predicted molar refractivity (Wildman–Crippen MR) is 107 cm³/mol. The molecule has 1 saturated heterocycles. The minimum Gasteiger partial charge on any atom is -0.380 e. The lowest BCUT2D eigenvalue weighted by atomic mass is 9.90. The van der Waals surface area contributed by atoms with Gasteiger partial charge in [-0.1, -0.05) is 54.2 Å². The Balaban J connectivity index is 1.49. The fourth-order valence-corrected chi connectivity index (χ4v) is 5.24. The van der Waals surface area contributed by atoms with Gasteiger partial charge in [-0.15, -0.1) is 0 Å². The van der Waals surface area contributed by atoms with Crippen LogP contribution in [-0.4, -0.2) is 31.1 Å². The van der Waals surface area contributed by atoms with Gasteiger partial charge in [0.2, 0.25) is 0 Å². The number of para-hydroxylation sites is 1. The zero-order valence-corrected chi connectivity index (χ0v) is 15.2. The summed E-state index contributed by atoms with van der Waals surface area (Å²) in [7, 11) is 2.24. The summed E-state index contributed by atoms with van der Waals surface area (Å²) < 4.78 is 0. The maximum absolute atomic E-state index is 3.84. The first kappa shape index (κ1) is 15.3.